The highest BCUT2D eigenvalue weighted by Gasteiger charge is 2.51. The number of phosphoric ester groups is 1. The summed E-state index contributed by atoms with van der Waals surface area (Å²) in [5, 5.41) is 0.789. The molecule has 1 aromatic carbocycles. The first kappa shape index (κ1) is 7.54. The lowest BCUT2D eigenvalue weighted by molar-refractivity contribution is 0.352. The summed E-state index contributed by atoms with van der Waals surface area (Å²) >= 11 is 0. The Labute approximate surface area is 84.2 Å². The van der Waals surface area contributed by atoms with E-state index >= 15 is 0 Å². The topological polar surface area (TPSA) is 57.7 Å². The molecule has 15 heavy (non-hydrogen) atoms. The number of hydrogen-bond acceptors (Lipinski definition) is 5. The minimum absolute atomic E-state index is 0.262. The summed E-state index contributed by atoms with van der Waals surface area (Å²) < 4.78 is 26.8. The molecule has 0 spiro atoms. The van der Waals surface area contributed by atoms with Crippen molar-refractivity contribution in [3.63, 3.8) is 0 Å². The van der Waals surface area contributed by atoms with Crippen LogP contribution in [0.1, 0.15) is 0 Å². The van der Waals surface area contributed by atoms with Crippen molar-refractivity contribution in [2.45, 2.75) is 0 Å². The molecule has 2 aliphatic rings. The van der Waals surface area contributed by atoms with Crippen LogP contribution in [0.5, 0.6) is 17.4 Å². The Morgan fingerprint density at radius 3 is 2.73 bits per heavy atom. The molecule has 2 aromatic rings. The lowest BCUT2D eigenvalue weighted by atomic mass is 10.2. The van der Waals surface area contributed by atoms with Crippen LogP contribution in [0.3, 0.4) is 0 Å². The van der Waals surface area contributed by atoms with Gasteiger partial charge in [-0.05, 0) is 12.1 Å². The van der Waals surface area contributed by atoms with Gasteiger partial charge in [0.25, 0.3) is 5.88 Å². The van der Waals surface area contributed by atoms with Crippen molar-refractivity contribution in [2.75, 3.05) is 0 Å². The van der Waals surface area contributed by atoms with Crippen molar-refractivity contribution in [3.8, 4) is 17.4 Å². The molecule has 0 saturated heterocycles. The number of rotatable bonds is 0. The van der Waals surface area contributed by atoms with Gasteiger partial charge in [0.05, 0.1) is 5.52 Å². The Morgan fingerprint density at radius 2 is 1.87 bits per heavy atom. The fourth-order valence-corrected chi connectivity index (χ4v) is 3.00. The first-order valence-electron chi connectivity index (χ1n) is 4.37. The van der Waals surface area contributed by atoms with Crippen molar-refractivity contribution in [3.05, 3.63) is 24.3 Å². The Bertz CT molecular complexity index is 648. The molecule has 0 aliphatic carbocycles. The largest absolute Gasteiger partial charge is 0.648 e. The zero-order valence-corrected chi connectivity index (χ0v) is 8.23. The summed E-state index contributed by atoms with van der Waals surface area (Å²) in [5.41, 5.74) is 0.739. The van der Waals surface area contributed by atoms with Crippen molar-refractivity contribution in [1.82, 2.24) is 4.98 Å². The zero-order valence-electron chi connectivity index (χ0n) is 7.34. The minimum atomic E-state index is -3.41. The summed E-state index contributed by atoms with van der Waals surface area (Å²) in [5.74, 6) is 1.10. The fraction of sp³-hybridized carbons (Fsp3) is 0. The molecule has 74 valence electrons. The predicted molar refractivity (Wildman–Crippen MR) is 51.2 cm³/mol. The molecule has 0 radical (unpaired) electrons. The van der Waals surface area contributed by atoms with Gasteiger partial charge in [-0.25, -0.2) is 4.98 Å². The van der Waals surface area contributed by atoms with Crippen LogP contribution in [0, 0.1) is 0 Å². The molecule has 1 unspecified atom stereocenters. The Kier molecular flexibility index (Phi) is 1.05. The lowest BCUT2D eigenvalue weighted by Gasteiger charge is -2.10. The third-order valence-electron chi connectivity index (χ3n) is 2.38. The molecule has 3 heterocycles. The zero-order chi connectivity index (χ0) is 10.0. The summed E-state index contributed by atoms with van der Waals surface area (Å²) in [6.07, 6.45) is 0. The van der Waals surface area contributed by atoms with Gasteiger partial charge >= 0.3 is 7.82 Å². The Balaban J connectivity index is 2.22. The highest BCUT2D eigenvalue weighted by molar-refractivity contribution is 7.50. The van der Waals surface area contributed by atoms with Gasteiger partial charge in [0.2, 0.25) is 5.75 Å². The van der Waals surface area contributed by atoms with Crippen LogP contribution < -0.4 is 13.6 Å². The summed E-state index contributed by atoms with van der Waals surface area (Å²) in [6, 6.07) is 7.40. The van der Waals surface area contributed by atoms with Crippen molar-refractivity contribution in [1.29, 1.82) is 0 Å². The van der Waals surface area contributed by atoms with Crippen LogP contribution in [0.4, 0.5) is 0 Å². The summed E-state index contributed by atoms with van der Waals surface area (Å²) in [7, 11) is -3.41. The number of para-hydroxylation sites is 1. The molecule has 1 aromatic heterocycles. The van der Waals surface area contributed by atoms with E-state index < -0.39 is 7.82 Å². The Morgan fingerprint density at radius 1 is 1.07 bits per heavy atom. The molecule has 6 heteroatoms. The van der Waals surface area contributed by atoms with Crippen LogP contribution in [0.2, 0.25) is 0 Å². The van der Waals surface area contributed by atoms with Crippen LogP contribution in [0.25, 0.3) is 10.9 Å². The van der Waals surface area contributed by atoms with Gasteiger partial charge in [0.1, 0.15) is 0 Å². The van der Waals surface area contributed by atoms with Crippen LogP contribution in [-0.4, -0.2) is 4.98 Å². The highest BCUT2D eigenvalue weighted by Crippen LogP contribution is 2.69. The SMILES string of the molecule is O=P12Oc3nc4ccccc4c(c3O1)O2. The van der Waals surface area contributed by atoms with E-state index in [1.165, 1.54) is 0 Å². The number of aromatic nitrogens is 1. The van der Waals surface area contributed by atoms with Crippen molar-refractivity contribution >= 4 is 18.7 Å². The van der Waals surface area contributed by atoms with E-state index in [0.717, 1.165) is 10.9 Å². The lowest BCUT2D eigenvalue weighted by Crippen LogP contribution is -1.99. The maximum absolute atomic E-state index is 11.7. The Hall–Kier alpha value is -1.74. The molecule has 2 bridgehead atoms. The molecular formula is C9H4NO4P. The van der Waals surface area contributed by atoms with E-state index in [2.05, 4.69) is 4.98 Å². The second-order valence-corrected chi connectivity index (χ2v) is 4.76. The van der Waals surface area contributed by atoms with Crippen LogP contribution in [0.15, 0.2) is 24.3 Å². The summed E-state index contributed by atoms with van der Waals surface area (Å²) in [6.45, 7) is 0. The molecule has 4 rings (SSSR count). The molecule has 0 amide bonds. The highest BCUT2D eigenvalue weighted by atomic mass is 31.2. The molecule has 5 nitrogen and oxygen atoms in total. The standard InChI is InChI=1S/C9H4NO4P/c11-15-12-7-5-3-1-2-4-6(5)10-9(14-15)8(7)13-15/h1-4H. The first-order valence-corrected chi connectivity index (χ1v) is 5.83. The number of hydrogen-bond donors (Lipinski definition) is 0. The van der Waals surface area contributed by atoms with E-state index in [-0.39, 0.29) is 5.88 Å². The number of nitrogens with zero attached hydrogens (tertiary/aromatic N) is 1. The molecule has 0 N–H and O–H groups in total. The van der Waals surface area contributed by atoms with Gasteiger partial charge in [-0.2, -0.15) is 4.57 Å². The van der Waals surface area contributed by atoms with E-state index in [0.29, 0.717) is 11.5 Å². The van der Waals surface area contributed by atoms with Gasteiger partial charge < -0.3 is 13.6 Å². The van der Waals surface area contributed by atoms with Gasteiger partial charge in [-0.1, -0.05) is 12.1 Å². The minimum Gasteiger partial charge on any atom is -0.381 e. The second-order valence-electron chi connectivity index (χ2n) is 3.31. The summed E-state index contributed by atoms with van der Waals surface area (Å²) in [4.78, 5) is 4.19. The number of benzene rings is 1. The van der Waals surface area contributed by atoms with Gasteiger partial charge in [-0.15, -0.1) is 0 Å². The van der Waals surface area contributed by atoms with E-state index in [9.17, 15) is 4.57 Å². The fourth-order valence-electron chi connectivity index (χ4n) is 1.76. The van der Waals surface area contributed by atoms with Gasteiger partial charge in [-0.3, -0.25) is 0 Å². The third kappa shape index (κ3) is 0.796. The average Bonchev–Trinajstić information content (AvgIpc) is 2.70. The molecule has 1 atom stereocenters. The van der Waals surface area contributed by atoms with Crippen LogP contribution in [-0.2, 0) is 4.57 Å². The van der Waals surface area contributed by atoms with E-state index in [4.69, 9.17) is 13.6 Å². The quantitative estimate of drug-likeness (QED) is 0.639. The van der Waals surface area contributed by atoms with Gasteiger partial charge in [0, 0.05) is 5.39 Å². The molecule has 0 saturated carbocycles. The predicted octanol–water partition coefficient (Wildman–Crippen LogP) is 2.51. The maximum Gasteiger partial charge on any atom is 0.648 e. The normalized spacial score (nSPS) is 24.8. The molecule has 2 aliphatic heterocycles. The average molecular weight is 221 g/mol. The van der Waals surface area contributed by atoms with Crippen molar-refractivity contribution in [2.24, 2.45) is 0 Å². The molecular weight excluding hydrogens is 217 g/mol. The van der Waals surface area contributed by atoms with Gasteiger partial charge in [0.15, 0.2) is 5.75 Å². The number of pyridine rings is 1. The van der Waals surface area contributed by atoms with Crippen molar-refractivity contribution < 1.29 is 18.1 Å². The second kappa shape index (κ2) is 2.09. The van der Waals surface area contributed by atoms with Crippen LogP contribution >= 0.6 is 7.82 Å². The van der Waals surface area contributed by atoms with E-state index in [1.54, 1.807) is 0 Å². The monoisotopic (exact) mass is 221 g/mol. The van der Waals surface area contributed by atoms with E-state index in [1.807, 2.05) is 24.3 Å². The number of phosphoric acid groups is 1. The number of fused-ring (bicyclic) bond motifs is 3. The maximum atomic E-state index is 11.7. The smallest absolute Gasteiger partial charge is 0.381 e. The third-order valence-corrected chi connectivity index (χ3v) is 3.58. The molecule has 0 fully saturated rings. The first-order chi connectivity index (χ1) is 7.25.